The standard InChI is InChI=1S/C23H25F2N7O/c1-17(30-7-2-8-31(10-9-30)20-5-4-19(12-26)28-13-20)23(33,14-32-16-27-15-29-32)21-6-3-18(24)11-22(21)25/h3-6,11,13,15-17,33H,2,7-10,14H2,1H3. The van der Waals surface area contributed by atoms with E-state index in [1.54, 1.807) is 12.3 Å². The van der Waals surface area contributed by atoms with Crippen molar-refractivity contribution in [3.8, 4) is 6.07 Å². The van der Waals surface area contributed by atoms with Gasteiger partial charge in [0.1, 0.15) is 41.7 Å². The van der Waals surface area contributed by atoms with Gasteiger partial charge in [-0.05, 0) is 31.5 Å². The summed E-state index contributed by atoms with van der Waals surface area (Å²) in [6.07, 6.45) is 5.31. The van der Waals surface area contributed by atoms with Crippen LogP contribution < -0.4 is 4.90 Å². The summed E-state index contributed by atoms with van der Waals surface area (Å²) in [4.78, 5) is 12.4. The number of benzene rings is 1. The minimum Gasteiger partial charge on any atom is -0.381 e. The van der Waals surface area contributed by atoms with Gasteiger partial charge in [-0.3, -0.25) is 4.90 Å². The fraction of sp³-hybridized carbons (Fsp3) is 0.391. The van der Waals surface area contributed by atoms with E-state index in [1.807, 2.05) is 19.1 Å². The maximum atomic E-state index is 14.8. The highest BCUT2D eigenvalue weighted by Crippen LogP contribution is 2.33. The minimum absolute atomic E-state index is 0.0179. The number of pyridine rings is 1. The molecule has 1 saturated heterocycles. The number of nitrogens with zero attached hydrogens (tertiary/aromatic N) is 7. The van der Waals surface area contributed by atoms with Crippen molar-refractivity contribution in [1.82, 2.24) is 24.6 Å². The summed E-state index contributed by atoms with van der Waals surface area (Å²) in [5.74, 6) is -1.50. The Bertz CT molecular complexity index is 1120. The van der Waals surface area contributed by atoms with Gasteiger partial charge in [-0.1, -0.05) is 6.07 Å². The summed E-state index contributed by atoms with van der Waals surface area (Å²) in [5, 5.41) is 24.9. The fourth-order valence-electron chi connectivity index (χ4n) is 4.37. The van der Waals surface area contributed by atoms with Crippen LogP contribution in [0.2, 0.25) is 0 Å². The normalized spacial score (nSPS) is 17.7. The van der Waals surface area contributed by atoms with E-state index in [1.165, 1.54) is 23.4 Å². The Morgan fingerprint density at radius 2 is 2.03 bits per heavy atom. The van der Waals surface area contributed by atoms with Crippen LogP contribution in [0.1, 0.15) is 24.6 Å². The van der Waals surface area contributed by atoms with Crippen LogP contribution in [0.25, 0.3) is 0 Å². The highest BCUT2D eigenvalue weighted by Gasteiger charge is 2.42. The summed E-state index contributed by atoms with van der Waals surface area (Å²) < 4.78 is 29.9. The molecule has 1 aromatic carbocycles. The van der Waals surface area contributed by atoms with Crippen LogP contribution in [0.5, 0.6) is 0 Å². The van der Waals surface area contributed by atoms with Crippen LogP contribution in [0.15, 0.2) is 49.2 Å². The number of hydrogen-bond donors (Lipinski definition) is 1. The van der Waals surface area contributed by atoms with Gasteiger partial charge in [0, 0.05) is 43.9 Å². The van der Waals surface area contributed by atoms with Crippen molar-refractivity contribution >= 4 is 5.69 Å². The second-order valence-electron chi connectivity index (χ2n) is 8.21. The SMILES string of the molecule is CC(N1CCCN(c2ccc(C#N)nc2)CC1)C(O)(Cn1cncn1)c1ccc(F)cc1F. The molecule has 2 aromatic heterocycles. The molecule has 4 rings (SSSR count). The van der Waals surface area contributed by atoms with Crippen LogP contribution in [-0.4, -0.2) is 62.0 Å². The summed E-state index contributed by atoms with van der Waals surface area (Å²) in [6.45, 7) is 4.56. The molecule has 1 N–H and O–H groups in total. The molecule has 0 spiro atoms. The van der Waals surface area contributed by atoms with Crippen LogP contribution in [0.3, 0.4) is 0 Å². The van der Waals surface area contributed by atoms with Crippen molar-refractivity contribution in [2.45, 2.75) is 31.5 Å². The molecule has 1 aliphatic rings. The first-order valence-electron chi connectivity index (χ1n) is 10.8. The molecule has 0 amide bonds. The molecule has 0 radical (unpaired) electrons. The van der Waals surface area contributed by atoms with Gasteiger partial charge in [0.25, 0.3) is 0 Å². The predicted octanol–water partition coefficient (Wildman–Crippen LogP) is 2.31. The summed E-state index contributed by atoms with van der Waals surface area (Å²) >= 11 is 0. The molecule has 2 unspecified atom stereocenters. The van der Waals surface area contributed by atoms with Crippen molar-refractivity contribution in [2.24, 2.45) is 0 Å². The lowest BCUT2D eigenvalue weighted by Gasteiger charge is -2.41. The zero-order chi connectivity index (χ0) is 23.4. The molecule has 0 bridgehead atoms. The lowest BCUT2D eigenvalue weighted by molar-refractivity contribution is -0.0622. The highest BCUT2D eigenvalue weighted by atomic mass is 19.1. The van der Waals surface area contributed by atoms with Crippen LogP contribution >= 0.6 is 0 Å². The van der Waals surface area contributed by atoms with E-state index in [9.17, 15) is 13.9 Å². The molecule has 0 aliphatic carbocycles. The number of rotatable bonds is 6. The van der Waals surface area contributed by atoms with E-state index >= 15 is 0 Å². The van der Waals surface area contributed by atoms with Crippen molar-refractivity contribution in [1.29, 1.82) is 5.26 Å². The molecule has 33 heavy (non-hydrogen) atoms. The Labute approximate surface area is 190 Å². The van der Waals surface area contributed by atoms with E-state index in [2.05, 4.69) is 24.9 Å². The molecule has 1 aliphatic heterocycles. The average molecular weight is 453 g/mol. The Morgan fingerprint density at radius 3 is 2.70 bits per heavy atom. The van der Waals surface area contributed by atoms with Gasteiger partial charge in [-0.25, -0.2) is 23.4 Å². The summed E-state index contributed by atoms with van der Waals surface area (Å²) in [7, 11) is 0. The Kier molecular flexibility index (Phi) is 6.62. The molecule has 3 aromatic rings. The van der Waals surface area contributed by atoms with Gasteiger partial charge in [-0.2, -0.15) is 10.4 Å². The van der Waals surface area contributed by atoms with E-state index in [4.69, 9.17) is 5.26 Å². The van der Waals surface area contributed by atoms with Crippen molar-refractivity contribution in [3.63, 3.8) is 0 Å². The van der Waals surface area contributed by atoms with Crippen molar-refractivity contribution < 1.29 is 13.9 Å². The Morgan fingerprint density at radius 1 is 1.18 bits per heavy atom. The Balaban J connectivity index is 1.58. The first-order valence-corrected chi connectivity index (χ1v) is 10.8. The number of anilines is 1. The van der Waals surface area contributed by atoms with Gasteiger partial charge < -0.3 is 10.0 Å². The molecule has 1 fully saturated rings. The van der Waals surface area contributed by atoms with E-state index in [0.717, 1.165) is 30.8 Å². The molecule has 0 saturated carbocycles. The summed E-state index contributed by atoms with van der Waals surface area (Å²) in [5.41, 5.74) is -0.366. The van der Waals surface area contributed by atoms with Crippen LogP contribution in [0.4, 0.5) is 14.5 Å². The lowest BCUT2D eigenvalue weighted by Crippen LogP contribution is -2.53. The van der Waals surface area contributed by atoms with Gasteiger partial charge in [0.05, 0.1) is 18.4 Å². The van der Waals surface area contributed by atoms with Crippen molar-refractivity contribution in [2.75, 3.05) is 31.1 Å². The smallest absolute Gasteiger partial charge is 0.140 e. The Hall–Kier alpha value is -3.42. The quantitative estimate of drug-likeness (QED) is 0.612. The first kappa shape index (κ1) is 22.8. The number of hydrogen-bond acceptors (Lipinski definition) is 7. The number of nitriles is 1. The zero-order valence-electron chi connectivity index (χ0n) is 18.3. The average Bonchev–Trinajstić information content (AvgIpc) is 3.19. The van der Waals surface area contributed by atoms with Gasteiger partial charge >= 0.3 is 0 Å². The second-order valence-corrected chi connectivity index (χ2v) is 8.21. The third-order valence-electron chi connectivity index (χ3n) is 6.26. The molecule has 3 heterocycles. The lowest BCUT2D eigenvalue weighted by atomic mass is 9.85. The van der Waals surface area contributed by atoms with Gasteiger partial charge in [-0.15, -0.1) is 0 Å². The molecular weight excluding hydrogens is 428 g/mol. The minimum atomic E-state index is -1.67. The topological polar surface area (TPSA) is 94.1 Å². The third kappa shape index (κ3) is 4.84. The monoisotopic (exact) mass is 453 g/mol. The maximum Gasteiger partial charge on any atom is 0.140 e. The van der Waals surface area contributed by atoms with Crippen molar-refractivity contribution in [3.05, 3.63) is 72.1 Å². The molecule has 172 valence electrons. The molecular formula is C23H25F2N7O. The van der Waals surface area contributed by atoms with E-state index in [0.29, 0.717) is 25.3 Å². The molecule has 2 atom stereocenters. The predicted molar refractivity (Wildman–Crippen MR) is 117 cm³/mol. The maximum absolute atomic E-state index is 14.8. The second kappa shape index (κ2) is 9.60. The summed E-state index contributed by atoms with van der Waals surface area (Å²) in [6, 6.07) is 8.32. The number of aromatic nitrogens is 4. The van der Waals surface area contributed by atoms with Crippen LogP contribution in [-0.2, 0) is 12.1 Å². The van der Waals surface area contributed by atoms with Gasteiger partial charge in [0.2, 0.25) is 0 Å². The van der Waals surface area contributed by atoms with E-state index in [-0.39, 0.29) is 12.1 Å². The number of aliphatic hydroxyl groups is 1. The highest BCUT2D eigenvalue weighted by molar-refractivity contribution is 5.46. The van der Waals surface area contributed by atoms with Gasteiger partial charge in [0.15, 0.2) is 0 Å². The third-order valence-corrected chi connectivity index (χ3v) is 6.26. The van der Waals surface area contributed by atoms with E-state index < -0.39 is 23.3 Å². The zero-order valence-corrected chi connectivity index (χ0v) is 18.3. The molecule has 8 nitrogen and oxygen atoms in total. The molecule has 10 heteroatoms. The fourth-order valence-corrected chi connectivity index (χ4v) is 4.37. The van der Waals surface area contributed by atoms with Crippen LogP contribution in [0, 0.1) is 23.0 Å². The number of halogens is 2. The largest absolute Gasteiger partial charge is 0.381 e. The first-order chi connectivity index (χ1) is 15.9.